The molecule has 1 nitrogen and oxygen atoms in total. The lowest BCUT2D eigenvalue weighted by atomic mass is 9.74. The molecule has 66 valence electrons. The Labute approximate surface area is 74.2 Å². The van der Waals surface area contributed by atoms with Crippen molar-refractivity contribution in [3.05, 3.63) is 24.8 Å². The maximum absolute atomic E-state index is 11.0. The highest BCUT2D eigenvalue weighted by atomic mass is 16.1. The Morgan fingerprint density at radius 1 is 1.75 bits per heavy atom. The Morgan fingerprint density at radius 2 is 2.50 bits per heavy atom. The van der Waals surface area contributed by atoms with Gasteiger partial charge in [-0.1, -0.05) is 19.1 Å². The van der Waals surface area contributed by atoms with E-state index in [1.165, 1.54) is 0 Å². The summed E-state index contributed by atoms with van der Waals surface area (Å²) in [6.07, 6.45) is 9.54. The maximum atomic E-state index is 11.0. The molecule has 0 aromatic rings. The van der Waals surface area contributed by atoms with Crippen molar-refractivity contribution in [2.45, 2.75) is 32.6 Å². The summed E-state index contributed by atoms with van der Waals surface area (Å²) in [7, 11) is 0. The highest BCUT2D eigenvalue weighted by molar-refractivity contribution is 5.90. The van der Waals surface area contributed by atoms with Gasteiger partial charge in [-0.2, -0.15) is 0 Å². The van der Waals surface area contributed by atoms with Crippen LogP contribution in [0.5, 0.6) is 0 Å². The average molecular weight is 164 g/mol. The fraction of sp³-hybridized carbons (Fsp3) is 0.545. The van der Waals surface area contributed by atoms with Gasteiger partial charge in [0.1, 0.15) is 0 Å². The molecule has 0 saturated heterocycles. The summed E-state index contributed by atoms with van der Waals surface area (Å²) in [6.45, 7) is 5.92. The second-order valence-electron chi connectivity index (χ2n) is 3.51. The van der Waals surface area contributed by atoms with Crippen LogP contribution < -0.4 is 0 Å². The van der Waals surface area contributed by atoms with Gasteiger partial charge in [0.05, 0.1) is 0 Å². The summed E-state index contributed by atoms with van der Waals surface area (Å²) in [6, 6.07) is 0. The van der Waals surface area contributed by atoms with Crippen LogP contribution in [-0.2, 0) is 4.79 Å². The van der Waals surface area contributed by atoms with Crippen molar-refractivity contribution >= 4 is 5.78 Å². The topological polar surface area (TPSA) is 17.1 Å². The zero-order chi connectivity index (χ0) is 9.03. The van der Waals surface area contributed by atoms with E-state index in [0.717, 1.165) is 19.3 Å². The first-order valence-electron chi connectivity index (χ1n) is 4.55. The fourth-order valence-electron chi connectivity index (χ4n) is 1.71. The predicted octanol–water partition coefficient (Wildman–Crippen LogP) is 2.88. The minimum atomic E-state index is 0.232. The SMILES string of the molecule is C=CCC1(CC)C=CC(=O)CC1. The first kappa shape index (κ1) is 9.24. The minimum absolute atomic E-state index is 0.232. The molecule has 1 heteroatoms. The quantitative estimate of drug-likeness (QED) is 0.586. The number of carbonyl (C=O) groups is 1. The lowest BCUT2D eigenvalue weighted by molar-refractivity contribution is -0.115. The van der Waals surface area contributed by atoms with Gasteiger partial charge in [0.25, 0.3) is 0 Å². The van der Waals surface area contributed by atoms with Crippen molar-refractivity contribution in [1.29, 1.82) is 0 Å². The van der Waals surface area contributed by atoms with E-state index in [2.05, 4.69) is 19.6 Å². The first-order valence-corrected chi connectivity index (χ1v) is 4.55. The van der Waals surface area contributed by atoms with E-state index in [0.29, 0.717) is 6.42 Å². The number of hydrogen-bond acceptors (Lipinski definition) is 1. The number of hydrogen-bond donors (Lipinski definition) is 0. The Bertz CT molecular complexity index is 215. The van der Waals surface area contributed by atoms with Gasteiger partial charge < -0.3 is 0 Å². The Kier molecular flexibility index (Phi) is 2.85. The number of rotatable bonds is 3. The molecule has 12 heavy (non-hydrogen) atoms. The molecule has 1 unspecified atom stereocenters. The molecule has 1 rings (SSSR count). The van der Waals surface area contributed by atoms with Crippen molar-refractivity contribution in [3.8, 4) is 0 Å². The zero-order valence-corrected chi connectivity index (χ0v) is 7.68. The smallest absolute Gasteiger partial charge is 0.155 e. The first-order chi connectivity index (χ1) is 5.72. The van der Waals surface area contributed by atoms with Crippen LogP contribution in [-0.4, -0.2) is 5.78 Å². The number of allylic oxidation sites excluding steroid dienone is 3. The Hall–Kier alpha value is -0.850. The molecule has 0 amide bonds. The third-order valence-corrected chi connectivity index (χ3v) is 2.75. The Balaban J connectivity index is 2.74. The van der Waals surface area contributed by atoms with Crippen LogP contribution in [0.2, 0.25) is 0 Å². The molecule has 1 atom stereocenters. The summed E-state index contributed by atoms with van der Waals surface area (Å²) in [5, 5.41) is 0. The van der Waals surface area contributed by atoms with Crippen molar-refractivity contribution < 1.29 is 4.79 Å². The third-order valence-electron chi connectivity index (χ3n) is 2.75. The molecule has 0 heterocycles. The zero-order valence-electron chi connectivity index (χ0n) is 7.68. The summed E-state index contributed by atoms with van der Waals surface area (Å²) < 4.78 is 0. The largest absolute Gasteiger partial charge is 0.295 e. The Morgan fingerprint density at radius 3 is 2.92 bits per heavy atom. The molecule has 0 bridgehead atoms. The van der Waals surface area contributed by atoms with E-state index >= 15 is 0 Å². The van der Waals surface area contributed by atoms with Gasteiger partial charge in [0, 0.05) is 6.42 Å². The molecule has 0 aromatic carbocycles. The summed E-state index contributed by atoms with van der Waals surface area (Å²) in [4.78, 5) is 11.0. The van der Waals surface area contributed by atoms with Crippen molar-refractivity contribution in [3.63, 3.8) is 0 Å². The molecular weight excluding hydrogens is 148 g/mol. The van der Waals surface area contributed by atoms with Gasteiger partial charge in [-0.15, -0.1) is 6.58 Å². The normalized spacial score (nSPS) is 28.9. The fourth-order valence-corrected chi connectivity index (χ4v) is 1.71. The second kappa shape index (κ2) is 3.70. The lowest BCUT2D eigenvalue weighted by Crippen LogP contribution is -2.21. The van der Waals surface area contributed by atoms with E-state index < -0.39 is 0 Å². The monoisotopic (exact) mass is 164 g/mol. The molecule has 0 aliphatic heterocycles. The minimum Gasteiger partial charge on any atom is -0.295 e. The molecule has 0 aromatic heterocycles. The van der Waals surface area contributed by atoms with Gasteiger partial charge in [-0.05, 0) is 30.8 Å². The molecular formula is C11H16O. The molecule has 0 spiro atoms. The molecule has 0 radical (unpaired) electrons. The van der Waals surface area contributed by atoms with E-state index in [1.807, 2.05) is 6.08 Å². The van der Waals surface area contributed by atoms with E-state index in [4.69, 9.17) is 0 Å². The van der Waals surface area contributed by atoms with Gasteiger partial charge in [0.15, 0.2) is 5.78 Å². The predicted molar refractivity (Wildman–Crippen MR) is 50.9 cm³/mol. The van der Waals surface area contributed by atoms with Gasteiger partial charge in [-0.25, -0.2) is 0 Å². The standard InChI is InChI=1S/C11H16O/c1-3-7-11(4-2)8-5-10(12)6-9-11/h3,5,8H,1,4,6-7,9H2,2H3. The van der Waals surface area contributed by atoms with E-state index in [1.54, 1.807) is 6.08 Å². The van der Waals surface area contributed by atoms with Crippen molar-refractivity contribution in [1.82, 2.24) is 0 Å². The lowest BCUT2D eigenvalue weighted by Gasteiger charge is -2.30. The van der Waals surface area contributed by atoms with Gasteiger partial charge in [-0.3, -0.25) is 4.79 Å². The molecule has 0 N–H and O–H groups in total. The molecule has 0 saturated carbocycles. The van der Waals surface area contributed by atoms with Crippen LogP contribution >= 0.6 is 0 Å². The van der Waals surface area contributed by atoms with Crippen LogP contribution in [0.3, 0.4) is 0 Å². The molecule has 1 aliphatic rings. The molecule has 1 aliphatic carbocycles. The van der Waals surface area contributed by atoms with Gasteiger partial charge >= 0.3 is 0 Å². The number of ketones is 1. The highest BCUT2D eigenvalue weighted by Crippen LogP contribution is 2.36. The maximum Gasteiger partial charge on any atom is 0.155 e. The highest BCUT2D eigenvalue weighted by Gasteiger charge is 2.27. The molecule has 0 fully saturated rings. The van der Waals surface area contributed by atoms with E-state index in [9.17, 15) is 4.79 Å². The van der Waals surface area contributed by atoms with Crippen LogP contribution in [0.15, 0.2) is 24.8 Å². The van der Waals surface area contributed by atoms with Crippen LogP contribution in [0.25, 0.3) is 0 Å². The van der Waals surface area contributed by atoms with Crippen LogP contribution in [0, 0.1) is 5.41 Å². The van der Waals surface area contributed by atoms with Crippen molar-refractivity contribution in [2.75, 3.05) is 0 Å². The van der Waals surface area contributed by atoms with Crippen LogP contribution in [0.1, 0.15) is 32.6 Å². The third kappa shape index (κ3) is 1.84. The second-order valence-corrected chi connectivity index (χ2v) is 3.51. The van der Waals surface area contributed by atoms with Crippen LogP contribution in [0.4, 0.5) is 0 Å². The van der Waals surface area contributed by atoms with E-state index in [-0.39, 0.29) is 11.2 Å². The summed E-state index contributed by atoms with van der Waals surface area (Å²) in [5.41, 5.74) is 0.232. The van der Waals surface area contributed by atoms with Gasteiger partial charge in [0.2, 0.25) is 0 Å². The number of carbonyl (C=O) groups excluding carboxylic acids is 1. The summed E-state index contributed by atoms with van der Waals surface area (Å²) >= 11 is 0. The van der Waals surface area contributed by atoms with Crippen molar-refractivity contribution in [2.24, 2.45) is 5.41 Å². The average Bonchev–Trinajstić information content (AvgIpc) is 2.10. The summed E-state index contributed by atoms with van der Waals surface area (Å²) in [5.74, 6) is 0.267.